The molecule has 0 fully saturated rings. The third kappa shape index (κ3) is 9.30. The molecule has 0 bridgehead atoms. The topological polar surface area (TPSA) is 127 Å². The molecule has 0 aliphatic carbocycles. The first-order chi connectivity index (χ1) is 8.09. The molecule has 1 atom stereocenters. The summed E-state index contributed by atoms with van der Waals surface area (Å²) in [4.78, 5) is 22.3. The monoisotopic (exact) mass is 320 g/mol. The first-order valence-electron chi connectivity index (χ1n) is 4.94. The van der Waals surface area contributed by atoms with Crippen molar-refractivity contribution in [2.24, 2.45) is 5.92 Å². The second-order valence-corrected chi connectivity index (χ2v) is 5.29. The van der Waals surface area contributed by atoms with Crippen molar-refractivity contribution in [3.63, 3.8) is 0 Å². The molecule has 0 heterocycles. The van der Waals surface area contributed by atoms with Gasteiger partial charge in [-0.2, -0.15) is 0 Å². The Balaban J connectivity index is -0.00000144. The van der Waals surface area contributed by atoms with Gasteiger partial charge >= 0.3 is 59.1 Å². The summed E-state index contributed by atoms with van der Waals surface area (Å²) in [6.45, 7) is 6.01. The summed E-state index contributed by atoms with van der Waals surface area (Å²) in [6, 6.07) is 0. The zero-order valence-electron chi connectivity index (χ0n) is 12.0. The summed E-state index contributed by atoms with van der Waals surface area (Å²) in [5, 5.41) is 0.263. The zero-order chi connectivity index (χ0) is 14.5. The van der Waals surface area contributed by atoms with E-state index >= 15 is 0 Å². The number of rotatable bonds is 6. The Morgan fingerprint density at radius 3 is 2.05 bits per heavy atom. The minimum atomic E-state index is -4.72. The van der Waals surface area contributed by atoms with Crippen LogP contribution in [0.1, 0.15) is 13.8 Å². The molecular formula is C10H14N2Na2O5S. The van der Waals surface area contributed by atoms with Crippen LogP contribution in [0.5, 0.6) is 0 Å². The van der Waals surface area contributed by atoms with E-state index in [0.29, 0.717) is 6.08 Å². The average Bonchev–Trinajstić information content (AvgIpc) is 2.22. The minimum Gasteiger partial charge on any atom is -0.746 e. The van der Waals surface area contributed by atoms with E-state index in [-0.39, 0.29) is 59.1 Å². The fourth-order valence-electron chi connectivity index (χ4n) is 1.05. The number of carbonyl (C=O) groups is 2. The molecular weight excluding hydrogens is 306 g/mol. The quantitative estimate of drug-likeness (QED) is 0.296. The predicted molar refractivity (Wildman–Crippen MR) is 64.1 cm³/mol. The normalized spacial score (nSPS) is 12.7. The molecule has 0 saturated heterocycles. The van der Waals surface area contributed by atoms with Gasteiger partial charge in [0.2, 0.25) is 5.91 Å². The molecule has 0 aromatic rings. The van der Waals surface area contributed by atoms with Crippen LogP contribution >= 0.6 is 0 Å². The maximum Gasteiger partial charge on any atom is 1.00 e. The fourth-order valence-corrected chi connectivity index (χ4v) is 1.96. The van der Waals surface area contributed by atoms with Gasteiger partial charge < -0.3 is 15.6 Å². The molecule has 2 N–H and O–H groups in total. The van der Waals surface area contributed by atoms with Crippen molar-refractivity contribution in [2.45, 2.75) is 19.2 Å². The smallest absolute Gasteiger partial charge is 0.746 e. The van der Waals surface area contributed by atoms with Gasteiger partial charge in [0.25, 0.3) is 0 Å². The van der Waals surface area contributed by atoms with Crippen molar-refractivity contribution in [3.8, 4) is 0 Å². The molecule has 0 rings (SSSR count). The molecule has 1 amide bonds. The molecule has 7 nitrogen and oxygen atoms in total. The van der Waals surface area contributed by atoms with Crippen LogP contribution in [0, 0.1) is 5.92 Å². The first kappa shape index (κ1) is 25.3. The van der Waals surface area contributed by atoms with Gasteiger partial charge in [-0.05, 0) is 18.1 Å². The van der Waals surface area contributed by atoms with Gasteiger partial charge in [0, 0.05) is 0 Å². The number of ketones is 1. The molecule has 0 saturated carbocycles. The summed E-state index contributed by atoms with van der Waals surface area (Å²) >= 11 is 0. The van der Waals surface area contributed by atoms with Crippen LogP contribution < -0.4 is 64.4 Å². The number of carbonyl (C=O) groups excluding carboxylic acids is 2. The molecule has 102 valence electrons. The number of nitrogens with one attached hydrogen (secondary N) is 2. The van der Waals surface area contributed by atoms with E-state index in [0.717, 1.165) is 6.08 Å². The van der Waals surface area contributed by atoms with Gasteiger partial charge in [0.1, 0.15) is 15.5 Å². The molecule has 0 aliphatic heterocycles. The number of amides is 1. The number of hydrogen-bond acceptors (Lipinski definition) is 5. The van der Waals surface area contributed by atoms with Crippen LogP contribution in [0.2, 0.25) is 0 Å². The first-order valence-corrected chi connectivity index (χ1v) is 6.42. The number of allylic oxidation sites excluding steroid dienone is 2. The van der Waals surface area contributed by atoms with Crippen LogP contribution in [0.15, 0.2) is 24.4 Å². The van der Waals surface area contributed by atoms with E-state index in [1.165, 1.54) is 13.8 Å². The van der Waals surface area contributed by atoms with Crippen molar-refractivity contribution in [3.05, 3.63) is 30.2 Å². The van der Waals surface area contributed by atoms with E-state index in [9.17, 15) is 22.6 Å². The Hall–Kier alpha value is 0.330. The summed E-state index contributed by atoms with van der Waals surface area (Å²) in [6.07, 6.45) is 1.57. The van der Waals surface area contributed by atoms with E-state index in [1.807, 2.05) is 5.32 Å². The molecule has 0 spiro atoms. The van der Waals surface area contributed by atoms with Gasteiger partial charge in [0.15, 0.2) is 5.78 Å². The van der Waals surface area contributed by atoms with E-state index < -0.39 is 38.8 Å². The van der Waals surface area contributed by atoms with Gasteiger partial charge in [-0.1, -0.05) is 26.1 Å². The Kier molecular flexibility index (Phi) is 13.9. The third-order valence-corrected chi connectivity index (χ3v) is 3.21. The van der Waals surface area contributed by atoms with E-state index in [2.05, 4.69) is 6.58 Å². The van der Waals surface area contributed by atoms with Gasteiger partial charge in [-0.15, -0.1) is 0 Å². The van der Waals surface area contributed by atoms with Crippen LogP contribution in [-0.2, 0) is 19.7 Å². The molecule has 0 aliphatic rings. The van der Waals surface area contributed by atoms with Crippen LogP contribution in [0.3, 0.4) is 0 Å². The van der Waals surface area contributed by atoms with Gasteiger partial charge in [0.05, 0.1) is 0 Å². The standard InChI is InChI=1S/C10H16N2O5S.2Na/c1-4-7(13)5-8(11)9(14)12-10(6(2)3)18(15,16)17;;/h4-6,10H,1H2,2-3H3,(H4,11,12,13,14,15,16,17);;/q;2*+1/p-2. The fraction of sp³-hybridized carbons (Fsp3) is 0.400. The Labute approximate surface area is 162 Å². The summed E-state index contributed by atoms with van der Waals surface area (Å²) in [5.74, 6) is -2.43. The van der Waals surface area contributed by atoms with Crippen LogP contribution in [0.25, 0.3) is 5.73 Å². The average molecular weight is 320 g/mol. The van der Waals surface area contributed by atoms with Crippen LogP contribution in [-0.4, -0.2) is 30.0 Å². The summed E-state index contributed by atoms with van der Waals surface area (Å²) < 4.78 is 32.6. The maximum absolute atomic E-state index is 11.4. The zero-order valence-corrected chi connectivity index (χ0v) is 16.8. The predicted octanol–water partition coefficient (Wildman–Crippen LogP) is -5.67. The van der Waals surface area contributed by atoms with Crippen molar-refractivity contribution >= 4 is 21.8 Å². The van der Waals surface area contributed by atoms with E-state index in [1.54, 1.807) is 0 Å². The molecule has 10 heteroatoms. The van der Waals surface area contributed by atoms with E-state index in [4.69, 9.17) is 5.73 Å². The Morgan fingerprint density at radius 2 is 1.75 bits per heavy atom. The Morgan fingerprint density at radius 1 is 1.30 bits per heavy atom. The SMILES string of the molecule is C=CC(=O)C=C([NH-])C(=O)NC(C(C)C)S(=O)(=O)[O-].[Na+].[Na+]. The van der Waals surface area contributed by atoms with Crippen molar-refractivity contribution in [1.29, 1.82) is 0 Å². The summed E-state index contributed by atoms with van der Waals surface area (Å²) in [7, 11) is -4.72. The van der Waals surface area contributed by atoms with Crippen LogP contribution in [0.4, 0.5) is 0 Å². The Bertz CT molecular complexity index is 488. The second kappa shape index (κ2) is 11.0. The molecule has 0 radical (unpaired) electrons. The molecule has 1 unspecified atom stereocenters. The number of hydrogen-bond donors (Lipinski definition) is 1. The molecule has 20 heavy (non-hydrogen) atoms. The largest absolute Gasteiger partial charge is 1.00 e. The van der Waals surface area contributed by atoms with Crippen molar-refractivity contribution in [2.75, 3.05) is 0 Å². The molecule has 0 aromatic heterocycles. The minimum absolute atomic E-state index is 0. The van der Waals surface area contributed by atoms with Gasteiger partial charge in [-0.3, -0.25) is 9.59 Å². The maximum atomic E-state index is 11.4. The third-order valence-electron chi connectivity index (χ3n) is 1.92. The van der Waals surface area contributed by atoms with Gasteiger partial charge in [-0.25, -0.2) is 8.42 Å². The second-order valence-electron chi connectivity index (χ2n) is 3.80. The van der Waals surface area contributed by atoms with Crippen molar-refractivity contribution < 1.29 is 81.7 Å². The summed E-state index contributed by atoms with van der Waals surface area (Å²) in [5.41, 5.74) is 6.49. The van der Waals surface area contributed by atoms with Crippen molar-refractivity contribution in [1.82, 2.24) is 5.32 Å². The molecule has 0 aromatic carbocycles.